The molecule has 1 aromatic rings. The quantitative estimate of drug-likeness (QED) is 0.415. The smallest absolute Gasteiger partial charge is 0.332 e. The number of hydrogen-bond acceptors (Lipinski definition) is 3. The number of terminal acetylenes is 1. The van der Waals surface area contributed by atoms with E-state index in [4.69, 9.17) is 12.2 Å². The van der Waals surface area contributed by atoms with Crippen molar-refractivity contribution < 1.29 is 12.3 Å². The highest BCUT2D eigenvalue weighted by atomic mass is 32.3. The molecule has 0 aromatic heterocycles. The van der Waals surface area contributed by atoms with E-state index in [0.717, 1.165) is 12.1 Å². The average molecular weight is 199 g/mol. The molecular formula is C8H6FNO2S. The molecule has 0 spiro atoms. The highest BCUT2D eigenvalue weighted by Crippen LogP contribution is 2.17. The van der Waals surface area contributed by atoms with Gasteiger partial charge < -0.3 is 5.73 Å². The normalized spacial score (nSPS) is 10.8. The van der Waals surface area contributed by atoms with E-state index >= 15 is 0 Å². The highest BCUT2D eigenvalue weighted by molar-refractivity contribution is 7.86. The van der Waals surface area contributed by atoms with Gasteiger partial charge in [-0.25, -0.2) is 0 Å². The average Bonchev–Trinajstić information content (AvgIpc) is 2.01. The minimum absolute atomic E-state index is 0.117. The molecule has 68 valence electrons. The monoisotopic (exact) mass is 199 g/mol. The van der Waals surface area contributed by atoms with Crippen LogP contribution in [-0.4, -0.2) is 8.42 Å². The van der Waals surface area contributed by atoms with Gasteiger partial charge in [0.2, 0.25) is 0 Å². The Labute approximate surface area is 75.6 Å². The maximum atomic E-state index is 12.5. The molecule has 0 saturated heterocycles. The summed E-state index contributed by atoms with van der Waals surface area (Å²) in [6.45, 7) is 0. The standard InChI is InChI=1S/C8H6FNO2S/c1-2-6-3-7(10)5-8(4-6)13(9,11)12/h1,3-5H,10H2. The molecule has 0 unspecified atom stereocenters. The van der Waals surface area contributed by atoms with Crippen LogP contribution in [0.2, 0.25) is 0 Å². The lowest BCUT2D eigenvalue weighted by atomic mass is 10.2. The summed E-state index contributed by atoms with van der Waals surface area (Å²) in [6, 6.07) is 3.44. The number of anilines is 1. The molecule has 0 heterocycles. The Morgan fingerprint density at radius 1 is 1.38 bits per heavy atom. The third-order valence-electron chi connectivity index (χ3n) is 1.38. The zero-order valence-corrected chi connectivity index (χ0v) is 7.31. The summed E-state index contributed by atoms with van der Waals surface area (Å²) in [5, 5.41) is 0. The summed E-state index contributed by atoms with van der Waals surface area (Å²) >= 11 is 0. The van der Waals surface area contributed by atoms with Crippen molar-refractivity contribution in [2.24, 2.45) is 0 Å². The number of halogens is 1. The molecule has 3 nitrogen and oxygen atoms in total. The number of hydrogen-bond donors (Lipinski definition) is 1. The first-order chi connectivity index (χ1) is 5.93. The molecule has 2 N–H and O–H groups in total. The molecule has 0 aliphatic rings. The molecule has 13 heavy (non-hydrogen) atoms. The van der Waals surface area contributed by atoms with Gasteiger partial charge in [-0.15, -0.1) is 10.3 Å². The van der Waals surface area contributed by atoms with Crippen LogP contribution < -0.4 is 5.73 Å². The fraction of sp³-hybridized carbons (Fsp3) is 0. The number of nitrogen functional groups attached to an aromatic ring is 1. The van der Waals surface area contributed by atoms with Crippen LogP contribution in [0, 0.1) is 12.3 Å². The lowest BCUT2D eigenvalue weighted by Crippen LogP contribution is -1.95. The molecular weight excluding hydrogens is 193 g/mol. The first kappa shape index (κ1) is 9.55. The number of benzene rings is 1. The maximum absolute atomic E-state index is 12.5. The molecule has 0 aliphatic carbocycles. The van der Waals surface area contributed by atoms with Crippen LogP contribution in [0.1, 0.15) is 5.56 Å². The zero-order chi connectivity index (χ0) is 10.1. The van der Waals surface area contributed by atoms with Crippen LogP contribution in [0.5, 0.6) is 0 Å². The van der Waals surface area contributed by atoms with Crippen LogP contribution in [0.3, 0.4) is 0 Å². The Balaban J connectivity index is 3.44. The van der Waals surface area contributed by atoms with Crippen LogP contribution in [0.25, 0.3) is 0 Å². The van der Waals surface area contributed by atoms with Crippen molar-refractivity contribution in [1.82, 2.24) is 0 Å². The van der Waals surface area contributed by atoms with Gasteiger partial charge in [0, 0.05) is 11.3 Å². The van der Waals surface area contributed by atoms with E-state index in [1.165, 1.54) is 6.07 Å². The van der Waals surface area contributed by atoms with Gasteiger partial charge in [0.25, 0.3) is 0 Å². The number of rotatable bonds is 1. The minimum atomic E-state index is -4.73. The lowest BCUT2D eigenvalue weighted by molar-refractivity contribution is 0.552. The van der Waals surface area contributed by atoms with Gasteiger partial charge in [-0.05, 0) is 18.2 Å². The van der Waals surface area contributed by atoms with Crippen molar-refractivity contribution >= 4 is 15.9 Å². The Kier molecular flexibility index (Phi) is 2.26. The SMILES string of the molecule is C#Cc1cc(N)cc(S(=O)(=O)F)c1. The molecule has 0 amide bonds. The van der Waals surface area contributed by atoms with E-state index in [2.05, 4.69) is 5.92 Å². The molecule has 0 atom stereocenters. The first-order valence-corrected chi connectivity index (χ1v) is 4.63. The van der Waals surface area contributed by atoms with E-state index < -0.39 is 15.1 Å². The predicted octanol–water partition coefficient (Wildman–Crippen LogP) is 0.908. The fourth-order valence-corrected chi connectivity index (χ4v) is 1.39. The van der Waals surface area contributed by atoms with Gasteiger partial charge in [-0.3, -0.25) is 0 Å². The van der Waals surface area contributed by atoms with Gasteiger partial charge in [0.15, 0.2) is 0 Å². The second-order valence-electron chi connectivity index (χ2n) is 2.37. The largest absolute Gasteiger partial charge is 0.399 e. The second-order valence-corrected chi connectivity index (χ2v) is 3.72. The zero-order valence-electron chi connectivity index (χ0n) is 6.49. The Bertz CT molecular complexity index is 473. The molecule has 1 rings (SSSR count). The summed E-state index contributed by atoms with van der Waals surface area (Å²) < 4.78 is 33.4. The Morgan fingerprint density at radius 2 is 2.00 bits per heavy atom. The maximum Gasteiger partial charge on any atom is 0.332 e. The van der Waals surface area contributed by atoms with Gasteiger partial charge >= 0.3 is 10.2 Å². The number of nitrogens with two attached hydrogens (primary N) is 1. The predicted molar refractivity (Wildman–Crippen MR) is 47.1 cm³/mol. The van der Waals surface area contributed by atoms with Crippen molar-refractivity contribution in [2.75, 3.05) is 5.73 Å². The fourth-order valence-electron chi connectivity index (χ4n) is 0.846. The van der Waals surface area contributed by atoms with Crippen molar-refractivity contribution in [3.8, 4) is 12.3 Å². The van der Waals surface area contributed by atoms with E-state index in [-0.39, 0.29) is 11.3 Å². The second kappa shape index (κ2) is 3.07. The van der Waals surface area contributed by atoms with E-state index in [1.807, 2.05) is 0 Å². The van der Waals surface area contributed by atoms with Crippen molar-refractivity contribution in [3.05, 3.63) is 23.8 Å². The topological polar surface area (TPSA) is 60.2 Å². The van der Waals surface area contributed by atoms with E-state index in [9.17, 15) is 12.3 Å². The van der Waals surface area contributed by atoms with E-state index in [0.29, 0.717) is 0 Å². The Morgan fingerprint density at radius 3 is 2.46 bits per heavy atom. The van der Waals surface area contributed by atoms with Gasteiger partial charge in [0.05, 0.1) is 0 Å². The highest BCUT2D eigenvalue weighted by Gasteiger charge is 2.12. The summed E-state index contributed by atoms with van der Waals surface area (Å²) in [7, 11) is -4.73. The summed E-state index contributed by atoms with van der Waals surface area (Å²) in [4.78, 5) is -0.513. The summed E-state index contributed by atoms with van der Waals surface area (Å²) in [5.74, 6) is 2.17. The van der Waals surface area contributed by atoms with Crippen LogP contribution in [0.15, 0.2) is 23.1 Å². The molecule has 0 saturated carbocycles. The van der Waals surface area contributed by atoms with Crippen molar-refractivity contribution in [1.29, 1.82) is 0 Å². The van der Waals surface area contributed by atoms with Gasteiger partial charge in [-0.1, -0.05) is 5.92 Å². The van der Waals surface area contributed by atoms with Crippen LogP contribution >= 0.6 is 0 Å². The molecule has 5 heteroatoms. The van der Waals surface area contributed by atoms with E-state index in [1.54, 1.807) is 0 Å². The molecule has 0 radical (unpaired) electrons. The van der Waals surface area contributed by atoms with Crippen LogP contribution in [-0.2, 0) is 10.2 Å². The van der Waals surface area contributed by atoms with Crippen molar-refractivity contribution in [2.45, 2.75) is 4.90 Å². The molecule has 1 aromatic carbocycles. The molecule has 0 bridgehead atoms. The van der Waals surface area contributed by atoms with Crippen molar-refractivity contribution in [3.63, 3.8) is 0 Å². The van der Waals surface area contributed by atoms with Gasteiger partial charge in [0.1, 0.15) is 4.90 Å². The summed E-state index contributed by atoms with van der Waals surface area (Å²) in [6.07, 6.45) is 5.01. The molecule has 0 aliphatic heterocycles. The van der Waals surface area contributed by atoms with Gasteiger partial charge in [-0.2, -0.15) is 8.42 Å². The third-order valence-corrected chi connectivity index (χ3v) is 2.18. The van der Waals surface area contributed by atoms with Crippen LogP contribution in [0.4, 0.5) is 9.57 Å². The minimum Gasteiger partial charge on any atom is -0.399 e. The first-order valence-electron chi connectivity index (χ1n) is 3.25. The third kappa shape index (κ3) is 2.20. The lowest BCUT2D eigenvalue weighted by Gasteiger charge is -1.98. The Hall–Kier alpha value is -1.54. The summed E-state index contributed by atoms with van der Waals surface area (Å²) in [5.41, 5.74) is 5.65. The molecule has 0 fully saturated rings.